The van der Waals surface area contributed by atoms with Crippen molar-refractivity contribution >= 4 is 14.0 Å². The van der Waals surface area contributed by atoms with E-state index in [0.717, 1.165) is 0 Å². The Labute approximate surface area is 85.5 Å². The van der Waals surface area contributed by atoms with Gasteiger partial charge in [-0.2, -0.15) is 0 Å². The summed E-state index contributed by atoms with van der Waals surface area (Å²) in [5.74, 6) is 2.01. The lowest BCUT2D eigenvalue weighted by atomic mass is 10.0. The first-order valence-electron chi connectivity index (χ1n) is 4.77. The first-order valence-corrected chi connectivity index (χ1v) is 8.27. The Hall–Kier alpha value is -0.793. The second-order valence-corrected chi connectivity index (χ2v) is 9.28. The predicted octanol–water partition coefficient (Wildman–Crippen LogP) is 0.791. The minimum atomic E-state index is -1.47. The molecule has 0 unspecified atom stereocenters. The lowest BCUT2D eigenvalue weighted by Crippen LogP contribution is -2.24. The topological polar surface area (TPSA) is 46.5 Å². The van der Waals surface area contributed by atoms with Crippen molar-refractivity contribution in [2.24, 2.45) is 5.92 Å². The Morgan fingerprint density at radius 3 is 2.64 bits per heavy atom. The van der Waals surface area contributed by atoms with E-state index in [2.05, 4.69) is 31.1 Å². The van der Waals surface area contributed by atoms with Crippen molar-refractivity contribution in [1.82, 2.24) is 0 Å². The molecule has 0 bridgehead atoms. The zero-order chi connectivity index (χ0) is 10.8. The van der Waals surface area contributed by atoms with Gasteiger partial charge >= 0.3 is 5.97 Å². The molecule has 1 saturated heterocycles. The summed E-state index contributed by atoms with van der Waals surface area (Å²) in [5, 5.41) is 9.63. The second-order valence-electron chi connectivity index (χ2n) is 4.53. The number of aliphatic hydroxyl groups is 1. The smallest absolute Gasteiger partial charge is 0.312 e. The molecule has 78 valence electrons. The Kier molecular flexibility index (Phi) is 3.35. The Balaban J connectivity index is 2.60. The zero-order valence-electron chi connectivity index (χ0n) is 8.83. The van der Waals surface area contributed by atoms with Crippen LogP contribution in [0.5, 0.6) is 0 Å². The second kappa shape index (κ2) is 4.16. The lowest BCUT2D eigenvalue weighted by Gasteiger charge is -2.09. The minimum Gasteiger partial charge on any atom is -0.465 e. The van der Waals surface area contributed by atoms with Crippen LogP contribution in [0.3, 0.4) is 0 Å². The first-order chi connectivity index (χ1) is 6.40. The van der Waals surface area contributed by atoms with Crippen LogP contribution in [0.2, 0.25) is 19.6 Å². The summed E-state index contributed by atoms with van der Waals surface area (Å²) in [6.07, 6.45) is -0.267. The van der Waals surface area contributed by atoms with Gasteiger partial charge in [0.05, 0.1) is 12.5 Å². The van der Waals surface area contributed by atoms with Gasteiger partial charge in [-0.1, -0.05) is 25.6 Å². The average Bonchev–Trinajstić information content (AvgIpc) is 2.46. The van der Waals surface area contributed by atoms with E-state index in [-0.39, 0.29) is 5.97 Å². The summed E-state index contributed by atoms with van der Waals surface area (Å²) in [6, 6.07) is 0. The third kappa shape index (κ3) is 3.16. The van der Waals surface area contributed by atoms with Gasteiger partial charge in [-0.25, -0.2) is 0 Å². The third-order valence-electron chi connectivity index (χ3n) is 1.95. The van der Waals surface area contributed by atoms with Crippen molar-refractivity contribution in [2.75, 3.05) is 6.61 Å². The quantitative estimate of drug-likeness (QED) is 0.397. The Morgan fingerprint density at radius 1 is 1.57 bits per heavy atom. The van der Waals surface area contributed by atoms with Crippen molar-refractivity contribution in [2.45, 2.75) is 32.2 Å². The van der Waals surface area contributed by atoms with Gasteiger partial charge in [-0.05, 0) is 6.42 Å². The van der Waals surface area contributed by atoms with Crippen LogP contribution in [-0.4, -0.2) is 31.9 Å². The first kappa shape index (κ1) is 11.3. The molecule has 1 N–H and O–H groups in total. The van der Waals surface area contributed by atoms with E-state index in [1.54, 1.807) is 0 Å². The average molecular weight is 212 g/mol. The fraction of sp³-hybridized carbons (Fsp3) is 0.700. The van der Waals surface area contributed by atoms with Crippen molar-refractivity contribution in [3.63, 3.8) is 0 Å². The molecule has 0 aromatic carbocycles. The normalized spacial score (nSPS) is 23.7. The molecule has 14 heavy (non-hydrogen) atoms. The van der Waals surface area contributed by atoms with E-state index >= 15 is 0 Å². The molecular weight excluding hydrogens is 196 g/mol. The maximum Gasteiger partial charge on any atom is 0.312 e. The summed E-state index contributed by atoms with van der Waals surface area (Å²) in [4.78, 5) is 11.1. The van der Waals surface area contributed by atoms with Crippen molar-refractivity contribution in [3.8, 4) is 11.5 Å². The molecule has 1 aliphatic heterocycles. The number of carbonyl (C=O) groups excluding carboxylic acids is 1. The molecule has 0 radical (unpaired) electrons. The molecule has 1 heterocycles. The number of hydrogen-bond acceptors (Lipinski definition) is 3. The number of esters is 1. The van der Waals surface area contributed by atoms with Gasteiger partial charge in [-0.15, -0.1) is 5.54 Å². The van der Waals surface area contributed by atoms with Gasteiger partial charge in [0, 0.05) is 0 Å². The molecule has 0 amide bonds. The lowest BCUT2D eigenvalue weighted by molar-refractivity contribution is -0.143. The van der Waals surface area contributed by atoms with Gasteiger partial charge < -0.3 is 9.84 Å². The molecule has 4 heteroatoms. The van der Waals surface area contributed by atoms with Crippen LogP contribution in [0.1, 0.15) is 6.42 Å². The van der Waals surface area contributed by atoms with Crippen LogP contribution in [0.15, 0.2) is 0 Å². The highest BCUT2D eigenvalue weighted by molar-refractivity contribution is 6.83. The molecule has 2 atom stereocenters. The van der Waals surface area contributed by atoms with Crippen LogP contribution >= 0.6 is 0 Å². The van der Waals surface area contributed by atoms with Crippen molar-refractivity contribution in [1.29, 1.82) is 0 Å². The van der Waals surface area contributed by atoms with Crippen LogP contribution in [0, 0.1) is 17.4 Å². The number of cyclic esters (lactones) is 1. The number of ether oxygens (including phenoxy) is 1. The van der Waals surface area contributed by atoms with Gasteiger partial charge in [0.1, 0.15) is 14.2 Å². The molecule has 0 aromatic heterocycles. The highest BCUT2D eigenvalue weighted by Crippen LogP contribution is 2.18. The van der Waals surface area contributed by atoms with Gasteiger partial charge in [0.15, 0.2) is 0 Å². The van der Waals surface area contributed by atoms with Crippen LogP contribution in [-0.2, 0) is 9.53 Å². The van der Waals surface area contributed by atoms with E-state index < -0.39 is 20.1 Å². The fourth-order valence-electron chi connectivity index (χ4n) is 1.19. The van der Waals surface area contributed by atoms with Crippen LogP contribution in [0.25, 0.3) is 0 Å². The fourth-order valence-corrected chi connectivity index (χ4v) is 1.77. The summed E-state index contributed by atoms with van der Waals surface area (Å²) in [7, 11) is -1.47. The number of hydrogen-bond donors (Lipinski definition) is 1. The maximum absolute atomic E-state index is 11.1. The highest BCUT2D eigenvalue weighted by atomic mass is 28.3. The standard InChI is InChI=1S/C10H16O3Si/c1-14(2,3)7-5-9(11)8-4-6-13-10(8)12/h8-9,11H,4,6H2,1-3H3/t8-,9-/m0/s1. The van der Waals surface area contributed by atoms with Gasteiger partial charge in [0.2, 0.25) is 0 Å². The number of aliphatic hydroxyl groups excluding tert-OH is 1. The molecule has 0 spiro atoms. The molecule has 3 nitrogen and oxygen atoms in total. The van der Waals surface area contributed by atoms with Crippen LogP contribution in [0.4, 0.5) is 0 Å². The number of rotatable bonds is 1. The van der Waals surface area contributed by atoms with E-state index in [1.165, 1.54) is 0 Å². The molecular formula is C10H16O3Si. The SMILES string of the molecule is C[Si](C)(C)C#C[C@H](O)[C@@H]1CCOC1=O. The molecule has 1 aliphatic rings. The summed E-state index contributed by atoms with van der Waals surface area (Å²) in [5.41, 5.74) is 3.05. The van der Waals surface area contributed by atoms with Gasteiger partial charge in [0.25, 0.3) is 0 Å². The van der Waals surface area contributed by atoms with E-state index in [0.29, 0.717) is 13.0 Å². The highest BCUT2D eigenvalue weighted by Gasteiger charge is 2.32. The van der Waals surface area contributed by atoms with E-state index in [1.807, 2.05) is 0 Å². The largest absolute Gasteiger partial charge is 0.465 e. The summed E-state index contributed by atoms with van der Waals surface area (Å²) < 4.78 is 4.76. The van der Waals surface area contributed by atoms with Gasteiger partial charge in [-0.3, -0.25) is 4.79 Å². The zero-order valence-corrected chi connectivity index (χ0v) is 9.83. The van der Waals surface area contributed by atoms with E-state index in [4.69, 9.17) is 4.74 Å². The monoisotopic (exact) mass is 212 g/mol. The van der Waals surface area contributed by atoms with Crippen molar-refractivity contribution < 1.29 is 14.6 Å². The predicted molar refractivity (Wildman–Crippen MR) is 56.2 cm³/mol. The number of carbonyl (C=O) groups is 1. The molecule has 0 saturated carbocycles. The maximum atomic E-state index is 11.1. The van der Waals surface area contributed by atoms with Crippen LogP contribution < -0.4 is 0 Å². The molecule has 0 aliphatic carbocycles. The van der Waals surface area contributed by atoms with E-state index in [9.17, 15) is 9.90 Å². The summed E-state index contributed by atoms with van der Waals surface area (Å²) in [6.45, 7) is 6.70. The minimum absolute atomic E-state index is 0.317. The molecule has 0 aromatic rings. The third-order valence-corrected chi connectivity index (χ3v) is 2.85. The molecule has 1 rings (SSSR count). The molecule has 1 fully saturated rings. The van der Waals surface area contributed by atoms with Crippen molar-refractivity contribution in [3.05, 3.63) is 0 Å². The Morgan fingerprint density at radius 2 is 2.21 bits per heavy atom. The summed E-state index contributed by atoms with van der Waals surface area (Å²) >= 11 is 0. The Bertz CT molecular complexity index is 282.